The van der Waals surface area contributed by atoms with E-state index < -0.39 is 4.92 Å². The zero-order valence-electron chi connectivity index (χ0n) is 15.8. The molecule has 1 aliphatic heterocycles. The molecule has 1 fully saturated rings. The zero-order valence-corrected chi connectivity index (χ0v) is 15.8. The van der Waals surface area contributed by atoms with Crippen LogP contribution in [0.5, 0.6) is 5.75 Å². The number of methoxy groups -OCH3 is 1. The molecule has 28 heavy (non-hydrogen) atoms. The zero-order chi connectivity index (χ0) is 20.3. The number of aryl methyl sites for hydroxylation is 1. The van der Waals surface area contributed by atoms with E-state index in [0.29, 0.717) is 48.6 Å². The second-order valence-corrected chi connectivity index (χ2v) is 6.57. The number of rotatable bonds is 4. The third-order valence-electron chi connectivity index (χ3n) is 4.85. The van der Waals surface area contributed by atoms with Crippen LogP contribution in [0.25, 0.3) is 0 Å². The molecule has 146 valence electrons. The molecule has 0 aliphatic carbocycles. The number of non-ortho nitro benzene ring substituents is 1. The molecule has 0 saturated carbocycles. The van der Waals surface area contributed by atoms with Crippen molar-refractivity contribution in [3.63, 3.8) is 0 Å². The Hall–Kier alpha value is -3.42. The lowest BCUT2D eigenvalue weighted by Crippen LogP contribution is -2.50. The average Bonchev–Trinajstić information content (AvgIpc) is 2.73. The largest absolute Gasteiger partial charge is 0.497 e. The fourth-order valence-corrected chi connectivity index (χ4v) is 3.15. The van der Waals surface area contributed by atoms with Crippen LogP contribution in [0.2, 0.25) is 0 Å². The number of carbonyl (C=O) groups excluding carboxylic acids is 2. The number of piperazine rings is 1. The molecule has 0 N–H and O–H groups in total. The van der Waals surface area contributed by atoms with Crippen molar-refractivity contribution >= 4 is 17.5 Å². The number of amides is 2. The van der Waals surface area contributed by atoms with Gasteiger partial charge in [-0.25, -0.2) is 0 Å². The maximum absolute atomic E-state index is 12.8. The van der Waals surface area contributed by atoms with Gasteiger partial charge in [-0.05, 0) is 36.8 Å². The normalized spacial score (nSPS) is 13.9. The number of nitro groups is 1. The Balaban J connectivity index is 1.66. The lowest BCUT2D eigenvalue weighted by atomic mass is 10.1. The van der Waals surface area contributed by atoms with Crippen LogP contribution in [0, 0.1) is 17.0 Å². The van der Waals surface area contributed by atoms with E-state index in [0.717, 1.165) is 0 Å². The smallest absolute Gasteiger partial charge is 0.270 e. The first-order valence-electron chi connectivity index (χ1n) is 8.88. The first-order chi connectivity index (χ1) is 13.4. The third kappa shape index (κ3) is 3.95. The molecule has 1 heterocycles. The van der Waals surface area contributed by atoms with E-state index in [-0.39, 0.29) is 17.5 Å². The van der Waals surface area contributed by atoms with Crippen LogP contribution >= 0.6 is 0 Å². The summed E-state index contributed by atoms with van der Waals surface area (Å²) >= 11 is 0. The van der Waals surface area contributed by atoms with E-state index in [2.05, 4.69) is 0 Å². The first-order valence-corrected chi connectivity index (χ1v) is 8.88. The Bertz CT molecular complexity index is 903. The molecular weight excluding hydrogens is 362 g/mol. The van der Waals surface area contributed by atoms with Crippen LogP contribution < -0.4 is 4.74 Å². The van der Waals surface area contributed by atoms with Crippen molar-refractivity contribution in [3.05, 3.63) is 69.3 Å². The van der Waals surface area contributed by atoms with E-state index in [1.165, 1.54) is 12.1 Å². The van der Waals surface area contributed by atoms with Gasteiger partial charge in [-0.3, -0.25) is 19.7 Å². The van der Waals surface area contributed by atoms with Gasteiger partial charge in [0.05, 0.1) is 12.0 Å². The number of hydrogen-bond acceptors (Lipinski definition) is 5. The fourth-order valence-electron chi connectivity index (χ4n) is 3.15. The number of carbonyl (C=O) groups is 2. The van der Waals surface area contributed by atoms with Gasteiger partial charge in [-0.15, -0.1) is 0 Å². The Kier molecular flexibility index (Phi) is 5.58. The summed E-state index contributed by atoms with van der Waals surface area (Å²) in [6, 6.07) is 11.2. The predicted octanol–water partition coefficient (Wildman–Crippen LogP) is 2.51. The van der Waals surface area contributed by atoms with E-state index in [9.17, 15) is 19.7 Å². The van der Waals surface area contributed by atoms with Gasteiger partial charge in [0.25, 0.3) is 17.5 Å². The van der Waals surface area contributed by atoms with Gasteiger partial charge in [0.15, 0.2) is 0 Å². The summed E-state index contributed by atoms with van der Waals surface area (Å²) in [5.41, 5.74) is 1.47. The maximum atomic E-state index is 12.8. The van der Waals surface area contributed by atoms with Gasteiger partial charge in [0.1, 0.15) is 5.75 Å². The number of hydrogen-bond donors (Lipinski definition) is 0. The Labute approximate surface area is 162 Å². The molecule has 0 bridgehead atoms. The van der Waals surface area contributed by atoms with Gasteiger partial charge in [0, 0.05) is 49.4 Å². The summed E-state index contributed by atoms with van der Waals surface area (Å²) in [7, 11) is 1.57. The molecule has 0 unspecified atom stereocenters. The van der Waals surface area contributed by atoms with Gasteiger partial charge < -0.3 is 14.5 Å². The molecule has 0 atom stereocenters. The van der Waals surface area contributed by atoms with Crippen molar-refractivity contribution in [2.45, 2.75) is 6.92 Å². The highest BCUT2D eigenvalue weighted by Gasteiger charge is 2.27. The van der Waals surface area contributed by atoms with E-state index in [1.807, 2.05) is 0 Å². The SMILES string of the molecule is COc1ccc(C(=O)N2CCN(C(=O)c3cc([N+](=O)[O-])ccc3C)CC2)cc1. The molecule has 2 aromatic carbocycles. The van der Waals surface area contributed by atoms with Crippen molar-refractivity contribution in [2.24, 2.45) is 0 Å². The van der Waals surface area contributed by atoms with Crippen molar-refractivity contribution in [3.8, 4) is 5.75 Å². The fraction of sp³-hybridized carbons (Fsp3) is 0.300. The highest BCUT2D eigenvalue weighted by molar-refractivity contribution is 5.97. The molecule has 0 spiro atoms. The molecule has 1 saturated heterocycles. The van der Waals surface area contributed by atoms with Gasteiger partial charge in [-0.1, -0.05) is 6.07 Å². The molecule has 2 aromatic rings. The lowest BCUT2D eigenvalue weighted by molar-refractivity contribution is -0.384. The Morgan fingerprint density at radius 2 is 1.54 bits per heavy atom. The summed E-state index contributed by atoms with van der Waals surface area (Å²) < 4.78 is 5.10. The van der Waals surface area contributed by atoms with Crippen LogP contribution in [0.4, 0.5) is 5.69 Å². The number of nitrogens with zero attached hydrogens (tertiary/aromatic N) is 3. The number of nitro benzene ring substituents is 1. The van der Waals surface area contributed by atoms with Crippen LogP contribution in [0.1, 0.15) is 26.3 Å². The standard InChI is InChI=1S/C20H21N3O5/c1-14-3-6-16(23(26)27)13-18(14)20(25)22-11-9-21(10-12-22)19(24)15-4-7-17(28-2)8-5-15/h3-8,13H,9-12H2,1-2H3. The van der Waals surface area contributed by atoms with Crippen LogP contribution in [0.3, 0.4) is 0 Å². The molecule has 0 aromatic heterocycles. The molecule has 2 amide bonds. The summed E-state index contributed by atoms with van der Waals surface area (Å²) in [6.07, 6.45) is 0. The number of ether oxygens (including phenoxy) is 1. The Morgan fingerprint density at radius 3 is 2.07 bits per heavy atom. The molecular formula is C20H21N3O5. The van der Waals surface area contributed by atoms with E-state index >= 15 is 0 Å². The summed E-state index contributed by atoms with van der Waals surface area (Å²) in [5, 5.41) is 11.0. The van der Waals surface area contributed by atoms with Crippen molar-refractivity contribution in [1.29, 1.82) is 0 Å². The molecule has 0 radical (unpaired) electrons. The molecule has 3 rings (SSSR count). The quantitative estimate of drug-likeness (QED) is 0.597. The van der Waals surface area contributed by atoms with E-state index in [4.69, 9.17) is 4.74 Å². The summed E-state index contributed by atoms with van der Waals surface area (Å²) in [6.45, 7) is 3.32. The van der Waals surface area contributed by atoms with Gasteiger partial charge in [-0.2, -0.15) is 0 Å². The van der Waals surface area contributed by atoms with Crippen LogP contribution in [0.15, 0.2) is 42.5 Å². The second-order valence-electron chi connectivity index (χ2n) is 6.57. The van der Waals surface area contributed by atoms with Crippen molar-refractivity contribution in [1.82, 2.24) is 9.80 Å². The van der Waals surface area contributed by atoms with Crippen LogP contribution in [-0.2, 0) is 0 Å². The van der Waals surface area contributed by atoms with Crippen molar-refractivity contribution in [2.75, 3.05) is 33.3 Å². The second kappa shape index (κ2) is 8.08. The minimum atomic E-state index is -0.512. The summed E-state index contributed by atoms with van der Waals surface area (Å²) in [4.78, 5) is 39.2. The molecule has 8 nitrogen and oxygen atoms in total. The predicted molar refractivity (Wildman–Crippen MR) is 103 cm³/mol. The minimum Gasteiger partial charge on any atom is -0.497 e. The first kappa shape index (κ1) is 19.3. The lowest BCUT2D eigenvalue weighted by Gasteiger charge is -2.35. The number of benzene rings is 2. The molecule has 8 heteroatoms. The highest BCUT2D eigenvalue weighted by atomic mass is 16.6. The average molecular weight is 383 g/mol. The van der Waals surface area contributed by atoms with Gasteiger partial charge in [0.2, 0.25) is 0 Å². The van der Waals surface area contributed by atoms with Crippen LogP contribution in [-0.4, -0.2) is 59.8 Å². The Morgan fingerprint density at radius 1 is 0.964 bits per heavy atom. The molecule has 1 aliphatic rings. The topological polar surface area (TPSA) is 93.0 Å². The van der Waals surface area contributed by atoms with Gasteiger partial charge >= 0.3 is 0 Å². The third-order valence-corrected chi connectivity index (χ3v) is 4.85. The minimum absolute atomic E-state index is 0.0960. The summed E-state index contributed by atoms with van der Waals surface area (Å²) in [5.74, 6) is 0.332. The highest BCUT2D eigenvalue weighted by Crippen LogP contribution is 2.20. The monoisotopic (exact) mass is 383 g/mol. The maximum Gasteiger partial charge on any atom is 0.270 e. The van der Waals surface area contributed by atoms with Crippen molar-refractivity contribution < 1.29 is 19.2 Å². The van der Waals surface area contributed by atoms with E-state index in [1.54, 1.807) is 54.2 Å².